The lowest BCUT2D eigenvalue weighted by Crippen LogP contribution is -2.45. The number of amides is 1. The number of hydrogen-bond acceptors (Lipinski definition) is 5. The van der Waals surface area contributed by atoms with Gasteiger partial charge in [-0.1, -0.05) is 0 Å². The Labute approximate surface area is 123 Å². The molecule has 3 N–H and O–H groups in total. The summed E-state index contributed by atoms with van der Waals surface area (Å²) in [6.45, 7) is 0.970. The first-order chi connectivity index (χ1) is 10.0. The smallest absolute Gasteiger partial charge is 0.313 e. The number of aliphatic hydroxyl groups is 2. The average molecular weight is 298 g/mol. The number of carboxylic acids is 1. The number of aliphatic carboxylic acids is 1. The minimum absolute atomic E-state index is 0.0820. The van der Waals surface area contributed by atoms with Gasteiger partial charge in [0.15, 0.2) is 0 Å². The van der Waals surface area contributed by atoms with Gasteiger partial charge < -0.3 is 20.2 Å². The highest BCUT2D eigenvalue weighted by Gasteiger charge is 2.62. The maximum absolute atomic E-state index is 12.5. The maximum atomic E-state index is 12.5. The third-order valence-corrected chi connectivity index (χ3v) is 5.19. The molecule has 0 spiro atoms. The Kier molecular flexibility index (Phi) is 3.67. The zero-order valence-electron chi connectivity index (χ0n) is 11.9. The Bertz CT molecular complexity index is 449. The minimum atomic E-state index is -1.09. The summed E-state index contributed by atoms with van der Waals surface area (Å²) in [7, 11) is 0. The van der Waals surface area contributed by atoms with E-state index >= 15 is 0 Å². The van der Waals surface area contributed by atoms with Crippen LogP contribution >= 0.6 is 0 Å². The third kappa shape index (κ3) is 2.33. The van der Waals surface area contributed by atoms with Gasteiger partial charge in [0, 0.05) is 26.2 Å². The van der Waals surface area contributed by atoms with Crippen LogP contribution in [0.2, 0.25) is 0 Å². The molecule has 2 saturated heterocycles. The zero-order valence-corrected chi connectivity index (χ0v) is 11.9. The van der Waals surface area contributed by atoms with Gasteiger partial charge in [0.05, 0.1) is 25.2 Å². The van der Waals surface area contributed by atoms with E-state index in [0.717, 1.165) is 12.8 Å². The zero-order chi connectivity index (χ0) is 15.2. The first-order valence-electron chi connectivity index (χ1n) is 7.49. The molecular formula is C14H22N2O5. The Hall–Kier alpha value is -1.18. The van der Waals surface area contributed by atoms with Crippen molar-refractivity contribution in [1.82, 2.24) is 9.80 Å². The van der Waals surface area contributed by atoms with E-state index in [1.54, 1.807) is 9.80 Å². The van der Waals surface area contributed by atoms with E-state index in [-0.39, 0.29) is 32.2 Å². The molecule has 3 aliphatic rings. The largest absolute Gasteiger partial charge is 0.481 e. The number of rotatable bonds is 6. The van der Waals surface area contributed by atoms with Crippen LogP contribution in [0, 0.1) is 17.3 Å². The van der Waals surface area contributed by atoms with Crippen molar-refractivity contribution < 1.29 is 24.9 Å². The van der Waals surface area contributed by atoms with Crippen molar-refractivity contribution in [2.75, 3.05) is 39.4 Å². The molecule has 0 radical (unpaired) electrons. The standard InChI is InChI=1S/C14H22N2O5/c17-5-10(6-18)15-4-11-12(19)16(3-9-1-2-9)8-14(11,7-15)13(20)21/h9-11,17-18H,1-8H2,(H,20,21)/t11-,14-/m1/s1. The summed E-state index contributed by atoms with van der Waals surface area (Å²) >= 11 is 0. The monoisotopic (exact) mass is 298 g/mol. The van der Waals surface area contributed by atoms with Gasteiger partial charge in [-0.25, -0.2) is 0 Å². The molecule has 3 rings (SSSR count). The Morgan fingerprint density at radius 2 is 1.95 bits per heavy atom. The fourth-order valence-corrected chi connectivity index (χ4v) is 3.68. The van der Waals surface area contributed by atoms with E-state index in [2.05, 4.69) is 0 Å². The number of fused-ring (bicyclic) bond motifs is 1. The quantitative estimate of drug-likeness (QED) is 0.557. The van der Waals surface area contributed by atoms with Crippen LogP contribution < -0.4 is 0 Å². The van der Waals surface area contributed by atoms with Crippen molar-refractivity contribution in [2.24, 2.45) is 17.3 Å². The molecule has 0 unspecified atom stereocenters. The highest BCUT2D eigenvalue weighted by molar-refractivity contribution is 5.92. The summed E-state index contributed by atoms with van der Waals surface area (Å²) in [4.78, 5) is 27.8. The molecule has 0 bridgehead atoms. The summed E-state index contributed by atoms with van der Waals surface area (Å²) < 4.78 is 0. The Balaban J connectivity index is 1.79. The summed E-state index contributed by atoms with van der Waals surface area (Å²) in [5.41, 5.74) is -1.09. The van der Waals surface area contributed by atoms with Crippen LogP contribution in [0.1, 0.15) is 12.8 Å². The molecule has 21 heavy (non-hydrogen) atoms. The molecule has 7 nitrogen and oxygen atoms in total. The first-order valence-corrected chi connectivity index (χ1v) is 7.49. The highest BCUT2D eigenvalue weighted by atomic mass is 16.4. The van der Waals surface area contributed by atoms with Gasteiger partial charge in [0.2, 0.25) is 5.91 Å². The normalized spacial score (nSPS) is 33.0. The second-order valence-corrected chi connectivity index (χ2v) is 6.62. The summed E-state index contributed by atoms with van der Waals surface area (Å²) in [5, 5.41) is 28.2. The molecule has 7 heteroatoms. The molecule has 2 heterocycles. The van der Waals surface area contributed by atoms with Crippen molar-refractivity contribution in [3.8, 4) is 0 Å². The lowest BCUT2D eigenvalue weighted by molar-refractivity contribution is -0.149. The van der Waals surface area contributed by atoms with Gasteiger partial charge in [0.25, 0.3) is 0 Å². The van der Waals surface area contributed by atoms with Gasteiger partial charge in [-0.15, -0.1) is 0 Å². The first kappa shape index (κ1) is 14.7. The van der Waals surface area contributed by atoms with Crippen LogP contribution in [-0.4, -0.2) is 82.4 Å². The molecule has 118 valence electrons. The van der Waals surface area contributed by atoms with Crippen molar-refractivity contribution in [2.45, 2.75) is 18.9 Å². The second-order valence-electron chi connectivity index (χ2n) is 6.62. The summed E-state index contributed by atoms with van der Waals surface area (Å²) in [6.07, 6.45) is 2.25. The van der Waals surface area contributed by atoms with Crippen molar-refractivity contribution in [1.29, 1.82) is 0 Å². The lowest BCUT2D eigenvalue weighted by Gasteiger charge is -2.28. The molecule has 0 aromatic heterocycles. The number of carboxylic acid groups (broad SMARTS) is 1. The fourth-order valence-electron chi connectivity index (χ4n) is 3.68. The number of carbonyl (C=O) groups is 2. The molecule has 2 atom stereocenters. The van der Waals surface area contributed by atoms with E-state index in [4.69, 9.17) is 0 Å². The summed E-state index contributed by atoms with van der Waals surface area (Å²) in [5.74, 6) is -1.05. The van der Waals surface area contributed by atoms with E-state index in [9.17, 15) is 24.9 Å². The van der Waals surface area contributed by atoms with Crippen LogP contribution in [0.4, 0.5) is 0 Å². The fraction of sp³-hybridized carbons (Fsp3) is 0.857. The van der Waals surface area contributed by atoms with Crippen LogP contribution in [0.15, 0.2) is 0 Å². The van der Waals surface area contributed by atoms with Crippen LogP contribution in [0.25, 0.3) is 0 Å². The van der Waals surface area contributed by atoms with Crippen LogP contribution in [0.5, 0.6) is 0 Å². The molecule has 1 saturated carbocycles. The van der Waals surface area contributed by atoms with E-state index in [1.165, 1.54) is 0 Å². The van der Waals surface area contributed by atoms with Gasteiger partial charge in [-0.3, -0.25) is 14.5 Å². The van der Waals surface area contributed by atoms with Gasteiger partial charge in [-0.05, 0) is 18.8 Å². The van der Waals surface area contributed by atoms with E-state index < -0.39 is 23.3 Å². The molecule has 0 aromatic carbocycles. The maximum Gasteiger partial charge on any atom is 0.313 e. The Morgan fingerprint density at radius 3 is 2.43 bits per heavy atom. The summed E-state index contributed by atoms with van der Waals surface area (Å²) in [6, 6.07) is -0.489. The van der Waals surface area contributed by atoms with E-state index in [0.29, 0.717) is 19.0 Å². The molecule has 3 fully saturated rings. The van der Waals surface area contributed by atoms with Crippen LogP contribution in [0.3, 0.4) is 0 Å². The predicted octanol–water partition coefficient (Wildman–Crippen LogP) is -1.41. The average Bonchev–Trinajstić information content (AvgIpc) is 3.12. The molecule has 2 aliphatic heterocycles. The number of likely N-dealkylation sites (tertiary alicyclic amines) is 2. The van der Waals surface area contributed by atoms with Crippen molar-refractivity contribution in [3.63, 3.8) is 0 Å². The van der Waals surface area contributed by atoms with Crippen LogP contribution in [-0.2, 0) is 9.59 Å². The topological polar surface area (TPSA) is 101 Å². The van der Waals surface area contributed by atoms with Gasteiger partial charge >= 0.3 is 5.97 Å². The lowest BCUT2D eigenvalue weighted by atomic mass is 9.81. The number of nitrogens with zero attached hydrogens (tertiary/aromatic N) is 2. The SMILES string of the molecule is O=C1[C@H]2CN(C(CO)CO)C[C@@]2(C(=O)O)CN1CC1CC1. The predicted molar refractivity (Wildman–Crippen MR) is 72.4 cm³/mol. The number of carbonyl (C=O) groups excluding carboxylic acids is 1. The molecular weight excluding hydrogens is 276 g/mol. The van der Waals surface area contributed by atoms with Crippen molar-refractivity contribution >= 4 is 11.9 Å². The minimum Gasteiger partial charge on any atom is -0.481 e. The molecule has 0 aromatic rings. The molecule has 1 aliphatic carbocycles. The van der Waals surface area contributed by atoms with Gasteiger partial charge in [0.1, 0.15) is 5.41 Å². The number of hydrogen-bond donors (Lipinski definition) is 3. The van der Waals surface area contributed by atoms with E-state index in [1.807, 2.05) is 0 Å². The van der Waals surface area contributed by atoms with Gasteiger partial charge in [-0.2, -0.15) is 0 Å². The second kappa shape index (κ2) is 5.23. The van der Waals surface area contributed by atoms with Crippen molar-refractivity contribution in [3.05, 3.63) is 0 Å². The molecule has 1 amide bonds. The highest BCUT2D eigenvalue weighted by Crippen LogP contribution is 2.45. The Morgan fingerprint density at radius 1 is 1.29 bits per heavy atom. The third-order valence-electron chi connectivity index (χ3n) is 5.19. The number of aliphatic hydroxyl groups excluding tert-OH is 2.